The number of sulfonamides is 1. The number of benzene rings is 2. The van der Waals surface area contributed by atoms with Gasteiger partial charge in [-0.25, -0.2) is 13.2 Å². The lowest BCUT2D eigenvalue weighted by atomic mass is 9.98. The number of hydrogen-bond donors (Lipinski definition) is 1. The molecule has 0 aromatic heterocycles. The van der Waals surface area contributed by atoms with E-state index in [-0.39, 0.29) is 34.5 Å². The number of methoxy groups -OCH3 is 1. The van der Waals surface area contributed by atoms with Crippen LogP contribution in [-0.4, -0.2) is 51.4 Å². The van der Waals surface area contributed by atoms with E-state index in [0.29, 0.717) is 30.8 Å². The largest absolute Gasteiger partial charge is 0.497 e. The second-order valence-corrected chi connectivity index (χ2v) is 9.63. The number of halogens is 1. The summed E-state index contributed by atoms with van der Waals surface area (Å²) in [5, 5.41) is 2.92. The molecule has 1 amide bonds. The number of hydrogen-bond acceptors (Lipinski definition) is 6. The molecule has 172 valence electrons. The van der Waals surface area contributed by atoms with Gasteiger partial charge in [0.25, 0.3) is 0 Å². The minimum absolute atomic E-state index is 0.0782. The summed E-state index contributed by atoms with van der Waals surface area (Å²) in [4.78, 5) is 24.8. The highest BCUT2D eigenvalue weighted by molar-refractivity contribution is 7.89. The highest BCUT2D eigenvalue weighted by Crippen LogP contribution is 2.27. The van der Waals surface area contributed by atoms with Crippen molar-refractivity contribution in [3.63, 3.8) is 0 Å². The predicted octanol–water partition coefficient (Wildman–Crippen LogP) is 3.56. The molecule has 0 saturated carbocycles. The van der Waals surface area contributed by atoms with E-state index in [2.05, 4.69) is 5.32 Å². The van der Waals surface area contributed by atoms with E-state index < -0.39 is 21.9 Å². The summed E-state index contributed by atoms with van der Waals surface area (Å²) >= 11 is 6.15. The van der Waals surface area contributed by atoms with E-state index in [9.17, 15) is 18.0 Å². The molecule has 0 unspecified atom stereocenters. The third-order valence-electron chi connectivity index (χ3n) is 5.18. The Kier molecular flexibility index (Phi) is 7.76. The molecule has 1 saturated heterocycles. The molecule has 1 heterocycles. The van der Waals surface area contributed by atoms with Crippen LogP contribution in [0, 0.1) is 5.92 Å². The maximum atomic E-state index is 13.0. The zero-order valence-electron chi connectivity index (χ0n) is 17.8. The second-order valence-electron chi connectivity index (χ2n) is 7.28. The van der Waals surface area contributed by atoms with Crippen molar-refractivity contribution in [3.8, 4) is 5.75 Å². The van der Waals surface area contributed by atoms with Crippen LogP contribution in [0.3, 0.4) is 0 Å². The van der Waals surface area contributed by atoms with Crippen LogP contribution in [0.15, 0.2) is 47.4 Å². The van der Waals surface area contributed by atoms with Crippen LogP contribution in [0.2, 0.25) is 5.02 Å². The fourth-order valence-electron chi connectivity index (χ4n) is 3.48. The van der Waals surface area contributed by atoms with E-state index in [1.54, 1.807) is 25.1 Å². The van der Waals surface area contributed by atoms with Gasteiger partial charge in [-0.2, -0.15) is 4.31 Å². The first-order valence-corrected chi connectivity index (χ1v) is 12.0. The van der Waals surface area contributed by atoms with E-state index in [0.717, 1.165) is 0 Å². The van der Waals surface area contributed by atoms with Gasteiger partial charge in [0, 0.05) is 18.8 Å². The number of nitrogens with zero attached hydrogens (tertiary/aromatic N) is 1. The molecular formula is C22H25ClN2O6S. The molecule has 2 aromatic rings. The maximum absolute atomic E-state index is 13.0. The van der Waals surface area contributed by atoms with Gasteiger partial charge in [0.2, 0.25) is 15.9 Å². The summed E-state index contributed by atoms with van der Waals surface area (Å²) in [6.07, 6.45) is 1.13. The lowest BCUT2D eigenvalue weighted by molar-refractivity contribution is -0.120. The van der Waals surface area contributed by atoms with Crippen LogP contribution in [0.25, 0.3) is 0 Å². The van der Waals surface area contributed by atoms with Crippen LogP contribution in [0.5, 0.6) is 5.75 Å². The molecule has 0 aliphatic carbocycles. The molecule has 1 aliphatic heterocycles. The Hall–Kier alpha value is -2.62. The monoisotopic (exact) mass is 480 g/mol. The maximum Gasteiger partial charge on any atom is 0.339 e. The molecule has 2 aromatic carbocycles. The zero-order chi connectivity index (χ0) is 23.3. The second kappa shape index (κ2) is 10.3. The van der Waals surface area contributed by atoms with E-state index in [4.69, 9.17) is 21.1 Å². The molecule has 1 aliphatic rings. The Morgan fingerprint density at radius 3 is 2.53 bits per heavy atom. The highest BCUT2D eigenvalue weighted by atomic mass is 35.5. The molecule has 10 heteroatoms. The lowest BCUT2D eigenvalue weighted by Crippen LogP contribution is -2.43. The Bertz CT molecular complexity index is 1090. The van der Waals surface area contributed by atoms with Crippen LogP contribution in [0.4, 0.5) is 5.69 Å². The minimum Gasteiger partial charge on any atom is -0.497 e. The molecule has 1 N–H and O–H groups in total. The average Bonchev–Trinajstić information content (AvgIpc) is 2.79. The van der Waals surface area contributed by atoms with Crippen LogP contribution >= 0.6 is 11.6 Å². The van der Waals surface area contributed by atoms with Gasteiger partial charge >= 0.3 is 5.97 Å². The van der Waals surface area contributed by atoms with Crippen molar-refractivity contribution in [2.24, 2.45) is 5.92 Å². The average molecular weight is 481 g/mol. The van der Waals surface area contributed by atoms with Gasteiger partial charge in [-0.3, -0.25) is 4.79 Å². The molecule has 32 heavy (non-hydrogen) atoms. The quantitative estimate of drug-likeness (QED) is 0.608. The van der Waals surface area contributed by atoms with Gasteiger partial charge in [-0.15, -0.1) is 0 Å². The summed E-state index contributed by atoms with van der Waals surface area (Å²) in [7, 11) is -2.22. The highest BCUT2D eigenvalue weighted by Gasteiger charge is 2.33. The van der Waals surface area contributed by atoms with E-state index >= 15 is 0 Å². The van der Waals surface area contributed by atoms with Crippen LogP contribution in [0.1, 0.15) is 30.1 Å². The normalized spacial score (nSPS) is 16.9. The smallest absolute Gasteiger partial charge is 0.339 e. The van der Waals surface area contributed by atoms with Gasteiger partial charge in [-0.1, -0.05) is 11.6 Å². The third-order valence-corrected chi connectivity index (χ3v) is 7.38. The van der Waals surface area contributed by atoms with Crippen molar-refractivity contribution in [1.29, 1.82) is 0 Å². The Labute approximate surface area is 192 Å². The number of carbonyl (C=O) groups is 2. The summed E-state index contributed by atoms with van der Waals surface area (Å²) < 4.78 is 37.4. The van der Waals surface area contributed by atoms with Gasteiger partial charge in [0.05, 0.1) is 35.1 Å². The molecule has 0 spiro atoms. The summed E-state index contributed by atoms with van der Waals surface area (Å²) in [5.74, 6) is -0.797. The number of ether oxygens (including phenoxy) is 2. The number of nitrogens with one attached hydrogen (secondary N) is 1. The molecule has 1 atom stereocenters. The summed E-state index contributed by atoms with van der Waals surface area (Å²) in [5.41, 5.74) is 0.629. The van der Waals surface area contributed by atoms with Crippen molar-refractivity contribution >= 4 is 39.2 Å². The van der Waals surface area contributed by atoms with Gasteiger partial charge < -0.3 is 14.8 Å². The fourth-order valence-corrected chi connectivity index (χ4v) is 5.26. The van der Waals surface area contributed by atoms with Crippen LogP contribution in [-0.2, 0) is 19.6 Å². The number of rotatable bonds is 7. The fraction of sp³-hybridized carbons (Fsp3) is 0.364. The standard InChI is InChI=1S/C22H25ClN2O6S/c1-3-31-22(27)19-11-6-16(13-20(19)23)24-21(26)15-5-4-12-25(14-15)32(28,29)18-9-7-17(30-2)8-10-18/h6-11,13,15H,3-5,12,14H2,1-2H3,(H,24,26)/t15-/m0/s1. The zero-order valence-corrected chi connectivity index (χ0v) is 19.4. The Balaban J connectivity index is 1.69. The molecule has 8 nitrogen and oxygen atoms in total. The van der Waals surface area contributed by atoms with Crippen molar-refractivity contribution in [2.45, 2.75) is 24.7 Å². The van der Waals surface area contributed by atoms with Crippen molar-refractivity contribution in [3.05, 3.63) is 53.1 Å². The topological polar surface area (TPSA) is 102 Å². The van der Waals surface area contributed by atoms with Crippen molar-refractivity contribution in [1.82, 2.24) is 4.31 Å². The minimum atomic E-state index is -3.73. The first-order chi connectivity index (χ1) is 15.3. The lowest BCUT2D eigenvalue weighted by Gasteiger charge is -2.31. The van der Waals surface area contributed by atoms with E-state index in [1.807, 2.05) is 0 Å². The predicted molar refractivity (Wildman–Crippen MR) is 121 cm³/mol. The first kappa shape index (κ1) is 24.0. The summed E-state index contributed by atoms with van der Waals surface area (Å²) in [6, 6.07) is 10.7. The third kappa shape index (κ3) is 5.40. The SMILES string of the molecule is CCOC(=O)c1ccc(NC(=O)[C@H]2CCCN(S(=O)(=O)c3ccc(OC)cc3)C2)cc1Cl. The number of anilines is 1. The Morgan fingerprint density at radius 2 is 1.91 bits per heavy atom. The van der Waals surface area contributed by atoms with Crippen LogP contribution < -0.4 is 10.1 Å². The van der Waals surface area contributed by atoms with Gasteiger partial charge in [0.1, 0.15) is 5.75 Å². The Morgan fingerprint density at radius 1 is 1.19 bits per heavy atom. The van der Waals surface area contributed by atoms with Crippen molar-refractivity contribution in [2.75, 3.05) is 32.1 Å². The number of esters is 1. The van der Waals surface area contributed by atoms with Crippen molar-refractivity contribution < 1.29 is 27.5 Å². The molecular weight excluding hydrogens is 456 g/mol. The molecule has 3 rings (SSSR count). The van der Waals surface area contributed by atoms with E-state index in [1.165, 1.54) is 35.7 Å². The molecule has 1 fully saturated rings. The number of amides is 1. The number of piperidine rings is 1. The first-order valence-electron chi connectivity index (χ1n) is 10.2. The van der Waals surface area contributed by atoms with Gasteiger partial charge in [0.15, 0.2) is 0 Å². The summed E-state index contributed by atoms with van der Waals surface area (Å²) in [6.45, 7) is 2.35. The molecule has 0 bridgehead atoms. The van der Waals surface area contributed by atoms with Gasteiger partial charge in [-0.05, 0) is 62.2 Å². The number of carbonyl (C=O) groups excluding carboxylic acids is 2. The molecule has 0 radical (unpaired) electrons.